The van der Waals surface area contributed by atoms with Crippen molar-refractivity contribution in [2.45, 2.75) is 6.18 Å². The smallest absolute Gasteiger partial charge is 0.271 e. The van der Waals surface area contributed by atoms with E-state index in [1.54, 1.807) is 12.4 Å². The minimum Gasteiger partial charge on any atom is -0.271 e. The Kier molecular flexibility index (Phi) is 4.93. The maximum atomic E-state index is 12.7. The number of rotatable bonds is 2. The third kappa shape index (κ3) is 3.86. The number of aliphatic imine (C=N–C) groups is 1. The molecule has 0 aliphatic heterocycles. The van der Waals surface area contributed by atoms with Gasteiger partial charge in [0.1, 0.15) is 5.56 Å². The molecular weight excluding hydrogens is 297 g/mol. The number of nitriles is 1. The quantitative estimate of drug-likeness (QED) is 0.226. The van der Waals surface area contributed by atoms with Gasteiger partial charge in [0.05, 0.1) is 10.6 Å². The van der Waals surface area contributed by atoms with E-state index in [1.807, 2.05) is 0 Å². The number of amidine groups is 1. The van der Waals surface area contributed by atoms with Crippen molar-refractivity contribution >= 4 is 28.3 Å². The number of alkyl halides is 3. The van der Waals surface area contributed by atoms with Gasteiger partial charge in [0.15, 0.2) is 11.4 Å². The van der Waals surface area contributed by atoms with E-state index in [2.05, 4.69) is 10.3 Å². The fourth-order valence-electron chi connectivity index (χ4n) is 1.27. The van der Waals surface area contributed by atoms with E-state index < -0.39 is 22.4 Å². The maximum absolute atomic E-state index is 12.7. The summed E-state index contributed by atoms with van der Waals surface area (Å²) in [6.07, 6.45) is -1.71. The Morgan fingerprint density at radius 2 is 2.20 bits per heavy atom. The van der Waals surface area contributed by atoms with Crippen LogP contribution in [0.2, 0.25) is 0 Å². The molecule has 1 rings (SSSR count). The van der Waals surface area contributed by atoms with Gasteiger partial charge in [-0.05, 0) is 18.4 Å². The van der Waals surface area contributed by atoms with Crippen molar-refractivity contribution in [2.75, 3.05) is 6.26 Å². The summed E-state index contributed by atoms with van der Waals surface area (Å²) in [5, 5.41) is 21.3. The number of nitrogens with one attached hydrogen (secondary N) is 1. The molecule has 1 aromatic rings. The van der Waals surface area contributed by atoms with Crippen molar-refractivity contribution in [3.05, 3.63) is 33.9 Å². The van der Waals surface area contributed by atoms with E-state index >= 15 is 0 Å². The molecule has 0 unspecified atom stereocenters. The third-order valence-electron chi connectivity index (χ3n) is 2.07. The van der Waals surface area contributed by atoms with Crippen molar-refractivity contribution in [1.82, 2.24) is 5.32 Å². The molecule has 106 valence electrons. The highest BCUT2D eigenvalue weighted by Gasteiger charge is 2.38. The van der Waals surface area contributed by atoms with Gasteiger partial charge in [0.25, 0.3) is 5.69 Å². The Labute approximate surface area is 115 Å². The zero-order chi connectivity index (χ0) is 15.3. The predicted octanol–water partition coefficient (Wildman–Crippen LogP) is 3.03. The number of nitro groups is 1. The lowest BCUT2D eigenvalue weighted by Crippen LogP contribution is -2.12. The molecule has 0 saturated heterocycles. The molecule has 0 spiro atoms. The van der Waals surface area contributed by atoms with Gasteiger partial charge in [-0.25, -0.2) is 4.99 Å². The zero-order valence-electron chi connectivity index (χ0n) is 9.93. The SMILES string of the molecule is CSC(=Nc1ccc([N+](=O)[O-])c(C(F)(F)F)c1)NC#N. The number of hydrogen-bond donors (Lipinski definition) is 1. The fraction of sp³-hybridized carbons (Fsp3) is 0.200. The lowest BCUT2D eigenvalue weighted by molar-refractivity contribution is -0.388. The first-order valence-electron chi connectivity index (χ1n) is 4.93. The molecule has 0 aliphatic carbocycles. The molecule has 0 aromatic heterocycles. The number of nitro benzene ring substituents is 1. The lowest BCUT2D eigenvalue weighted by Gasteiger charge is -2.08. The molecule has 0 saturated carbocycles. The Morgan fingerprint density at radius 1 is 1.55 bits per heavy atom. The van der Waals surface area contributed by atoms with Gasteiger partial charge >= 0.3 is 6.18 Å². The van der Waals surface area contributed by atoms with Crippen LogP contribution in [-0.2, 0) is 6.18 Å². The van der Waals surface area contributed by atoms with E-state index in [0.29, 0.717) is 6.07 Å². The molecule has 20 heavy (non-hydrogen) atoms. The third-order valence-corrected chi connectivity index (χ3v) is 2.65. The highest BCUT2D eigenvalue weighted by Crippen LogP contribution is 2.38. The van der Waals surface area contributed by atoms with Crippen molar-refractivity contribution in [2.24, 2.45) is 4.99 Å². The summed E-state index contributed by atoms with van der Waals surface area (Å²) >= 11 is 1.01. The van der Waals surface area contributed by atoms with Crippen LogP contribution in [0.4, 0.5) is 24.5 Å². The van der Waals surface area contributed by atoms with Crippen LogP contribution in [0.3, 0.4) is 0 Å². The molecule has 1 N–H and O–H groups in total. The number of halogens is 3. The molecule has 0 bridgehead atoms. The van der Waals surface area contributed by atoms with Crippen LogP contribution < -0.4 is 5.32 Å². The summed E-state index contributed by atoms with van der Waals surface area (Å²) in [7, 11) is 0. The molecule has 0 fully saturated rings. The van der Waals surface area contributed by atoms with E-state index in [4.69, 9.17) is 5.26 Å². The second-order valence-corrected chi connectivity index (χ2v) is 4.11. The summed E-state index contributed by atoms with van der Waals surface area (Å²) < 4.78 is 38.2. The van der Waals surface area contributed by atoms with Crippen LogP contribution in [0.5, 0.6) is 0 Å². The molecule has 10 heteroatoms. The first-order valence-corrected chi connectivity index (χ1v) is 6.15. The number of hydrogen-bond acceptors (Lipinski definition) is 5. The van der Waals surface area contributed by atoms with Crippen LogP contribution in [0.25, 0.3) is 0 Å². The lowest BCUT2D eigenvalue weighted by atomic mass is 10.1. The standard InChI is InChI=1S/C10H7F3N4O2S/c1-20-9(15-5-14)16-6-2-3-8(17(18)19)7(4-6)10(11,12)13/h2-4H,1H3,(H,15,16). The molecule has 0 radical (unpaired) electrons. The minimum absolute atomic E-state index is 0.0782. The van der Waals surface area contributed by atoms with E-state index in [-0.39, 0.29) is 10.9 Å². The number of thioether (sulfide) groups is 1. The topological polar surface area (TPSA) is 91.3 Å². The number of nitrogens with zero attached hydrogens (tertiary/aromatic N) is 3. The normalized spacial score (nSPS) is 11.8. The molecule has 6 nitrogen and oxygen atoms in total. The van der Waals surface area contributed by atoms with Gasteiger partial charge in [-0.15, -0.1) is 0 Å². The Balaban J connectivity index is 3.34. The molecule has 0 aliphatic rings. The first kappa shape index (κ1) is 15.8. The highest BCUT2D eigenvalue weighted by molar-refractivity contribution is 8.13. The van der Waals surface area contributed by atoms with Gasteiger partial charge in [-0.2, -0.15) is 18.4 Å². The van der Waals surface area contributed by atoms with Crippen molar-refractivity contribution in [3.8, 4) is 6.19 Å². The minimum atomic E-state index is -4.86. The average molecular weight is 304 g/mol. The summed E-state index contributed by atoms with van der Waals surface area (Å²) in [5.41, 5.74) is -2.58. The molecule has 1 aromatic carbocycles. The van der Waals surface area contributed by atoms with Crippen molar-refractivity contribution < 1.29 is 18.1 Å². The summed E-state index contributed by atoms with van der Waals surface area (Å²) in [6, 6.07) is 2.36. The second-order valence-electron chi connectivity index (χ2n) is 3.31. The maximum Gasteiger partial charge on any atom is 0.423 e. The fourth-order valence-corrected chi connectivity index (χ4v) is 1.61. The van der Waals surface area contributed by atoms with Crippen LogP contribution in [-0.4, -0.2) is 16.3 Å². The van der Waals surface area contributed by atoms with Crippen LogP contribution in [0.1, 0.15) is 5.56 Å². The highest BCUT2D eigenvalue weighted by atomic mass is 32.2. The van der Waals surface area contributed by atoms with E-state index in [0.717, 1.165) is 23.9 Å². The van der Waals surface area contributed by atoms with E-state index in [9.17, 15) is 23.3 Å². The largest absolute Gasteiger partial charge is 0.423 e. The van der Waals surface area contributed by atoms with Gasteiger partial charge in [-0.3, -0.25) is 15.4 Å². The zero-order valence-corrected chi connectivity index (χ0v) is 10.7. The predicted molar refractivity (Wildman–Crippen MR) is 67.5 cm³/mol. The average Bonchev–Trinajstić information content (AvgIpc) is 2.36. The summed E-state index contributed by atoms with van der Waals surface area (Å²) in [6.45, 7) is 0. The van der Waals surface area contributed by atoms with Gasteiger partial charge in [-0.1, -0.05) is 11.8 Å². The van der Waals surface area contributed by atoms with Crippen molar-refractivity contribution in [3.63, 3.8) is 0 Å². The molecule has 0 atom stereocenters. The summed E-state index contributed by atoms with van der Waals surface area (Å²) in [4.78, 5) is 13.2. The number of benzene rings is 1. The van der Waals surface area contributed by atoms with Gasteiger partial charge in [0, 0.05) is 6.07 Å². The first-order chi connectivity index (χ1) is 9.29. The second kappa shape index (κ2) is 6.25. The van der Waals surface area contributed by atoms with Crippen LogP contribution >= 0.6 is 11.8 Å². The van der Waals surface area contributed by atoms with Crippen molar-refractivity contribution in [1.29, 1.82) is 5.26 Å². The van der Waals surface area contributed by atoms with Crippen LogP contribution in [0.15, 0.2) is 23.2 Å². The molecule has 0 amide bonds. The molecule has 0 heterocycles. The Bertz CT molecular complexity index is 595. The Hall–Kier alpha value is -2.28. The van der Waals surface area contributed by atoms with Crippen LogP contribution in [0, 0.1) is 21.6 Å². The Morgan fingerprint density at radius 3 is 2.65 bits per heavy atom. The van der Waals surface area contributed by atoms with E-state index in [1.165, 1.54) is 0 Å². The van der Waals surface area contributed by atoms with Gasteiger partial charge < -0.3 is 0 Å². The van der Waals surface area contributed by atoms with Gasteiger partial charge in [0.2, 0.25) is 0 Å². The molecular formula is C10H7F3N4O2S. The summed E-state index contributed by atoms with van der Waals surface area (Å²) in [5.74, 6) is 0. The monoisotopic (exact) mass is 304 g/mol.